The van der Waals surface area contributed by atoms with Crippen molar-refractivity contribution in [3.05, 3.63) is 35.8 Å². The molecular formula is C14H17N3O2S. The number of ether oxygens (including phenoxy) is 1. The van der Waals surface area contributed by atoms with Crippen LogP contribution in [0.25, 0.3) is 0 Å². The molecule has 2 rings (SSSR count). The quantitative estimate of drug-likeness (QED) is 0.859. The predicted octanol–water partition coefficient (Wildman–Crippen LogP) is 2.98. The lowest BCUT2D eigenvalue weighted by Gasteiger charge is -2.10. The van der Waals surface area contributed by atoms with Gasteiger partial charge in [0, 0.05) is 17.3 Å². The molecule has 0 aliphatic carbocycles. The molecule has 106 valence electrons. The number of anilines is 2. The van der Waals surface area contributed by atoms with Crippen LogP contribution in [0.2, 0.25) is 0 Å². The molecule has 1 amide bonds. The fourth-order valence-corrected chi connectivity index (χ4v) is 2.09. The van der Waals surface area contributed by atoms with Gasteiger partial charge in [-0.1, -0.05) is 0 Å². The molecule has 2 aromatic rings. The molecule has 2 N–H and O–H groups in total. The highest BCUT2D eigenvalue weighted by molar-refractivity contribution is 7.13. The Hall–Kier alpha value is -2.08. The number of nitrogens with zero attached hydrogens (tertiary/aromatic N) is 1. The maximum absolute atomic E-state index is 11.7. The second kappa shape index (κ2) is 6.91. The maximum atomic E-state index is 11.7. The number of thiazole rings is 1. The summed E-state index contributed by atoms with van der Waals surface area (Å²) in [5, 5.41) is 8.35. The minimum atomic E-state index is -0.113. The van der Waals surface area contributed by atoms with E-state index in [0.717, 1.165) is 16.6 Å². The summed E-state index contributed by atoms with van der Waals surface area (Å²) in [5.41, 5.74) is 0.743. The average molecular weight is 291 g/mol. The van der Waals surface area contributed by atoms with Gasteiger partial charge in [-0.25, -0.2) is 4.98 Å². The SMILES string of the molecule is CC(C)Oc1ccc(NC(=O)CNc2nccs2)cc1. The Labute approximate surface area is 122 Å². The first-order chi connectivity index (χ1) is 9.63. The Kier molecular flexibility index (Phi) is 4.95. The second-order valence-electron chi connectivity index (χ2n) is 4.43. The number of hydrogen-bond donors (Lipinski definition) is 2. The van der Waals surface area contributed by atoms with Crippen LogP contribution < -0.4 is 15.4 Å². The van der Waals surface area contributed by atoms with E-state index in [1.807, 2.05) is 43.5 Å². The van der Waals surface area contributed by atoms with E-state index >= 15 is 0 Å². The number of rotatable bonds is 6. The van der Waals surface area contributed by atoms with Crippen LogP contribution in [0, 0.1) is 0 Å². The molecule has 0 aliphatic rings. The summed E-state index contributed by atoms with van der Waals surface area (Å²) in [7, 11) is 0. The molecule has 6 heteroatoms. The molecule has 0 fully saturated rings. The van der Waals surface area contributed by atoms with E-state index in [0.29, 0.717) is 0 Å². The van der Waals surface area contributed by atoms with Gasteiger partial charge in [0.25, 0.3) is 0 Å². The normalized spacial score (nSPS) is 10.3. The Balaban J connectivity index is 1.81. The lowest BCUT2D eigenvalue weighted by atomic mass is 10.3. The van der Waals surface area contributed by atoms with E-state index < -0.39 is 0 Å². The maximum Gasteiger partial charge on any atom is 0.243 e. The second-order valence-corrected chi connectivity index (χ2v) is 5.32. The smallest absolute Gasteiger partial charge is 0.243 e. The van der Waals surface area contributed by atoms with Gasteiger partial charge in [0.15, 0.2) is 5.13 Å². The van der Waals surface area contributed by atoms with E-state index in [1.54, 1.807) is 6.20 Å². The van der Waals surface area contributed by atoms with E-state index in [4.69, 9.17) is 4.74 Å². The van der Waals surface area contributed by atoms with Crippen molar-refractivity contribution in [2.45, 2.75) is 20.0 Å². The van der Waals surface area contributed by atoms with Gasteiger partial charge in [0.1, 0.15) is 5.75 Å². The minimum absolute atomic E-state index is 0.113. The van der Waals surface area contributed by atoms with Gasteiger partial charge in [0.2, 0.25) is 5.91 Å². The highest BCUT2D eigenvalue weighted by Crippen LogP contribution is 2.17. The summed E-state index contributed by atoms with van der Waals surface area (Å²) in [4.78, 5) is 15.8. The van der Waals surface area contributed by atoms with Gasteiger partial charge in [0.05, 0.1) is 12.6 Å². The van der Waals surface area contributed by atoms with Crippen molar-refractivity contribution in [3.63, 3.8) is 0 Å². The number of benzene rings is 1. The van der Waals surface area contributed by atoms with Crippen LogP contribution in [0.5, 0.6) is 5.75 Å². The van der Waals surface area contributed by atoms with Crippen LogP contribution >= 0.6 is 11.3 Å². The number of amides is 1. The summed E-state index contributed by atoms with van der Waals surface area (Å²) in [6.45, 7) is 4.14. The van der Waals surface area contributed by atoms with E-state index in [-0.39, 0.29) is 18.6 Å². The standard InChI is InChI=1S/C14H17N3O2S/c1-10(2)19-12-5-3-11(4-6-12)17-13(18)9-16-14-15-7-8-20-14/h3-8,10H,9H2,1-2H3,(H,15,16)(H,17,18). The molecule has 20 heavy (non-hydrogen) atoms. The minimum Gasteiger partial charge on any atom is -0.491 e. The number of nitrogens with one attached hydrogen (secondary N) is 2. The fourth-order valence-electron chi connectivity index (χ4n) is 1.56. The first-order valence-corrected chi connectivity index (χ1v) is 7.21. The molecule has 0 spiro atoms. The summed E-state index contributed by atoms with van der Waals surface area (Å²) in [6, 6.07) is 7.31. The van der Waals surface area contributed by atoms with Crippen molar-refractivity contribution < 1.29 is 9.53 Å². The monoisotopic (exact) mass is 291 g/mol. The lowest BCUT2D eigenvalue weighted by Crippen LogP contribution is -2.21. The van der Waals surface area contributed by atoms with Crippen LogP contribution in [0.15, 0.2) is 35.8 Å². The third kappa shape index (κ3) is 4.55. The van der Waals surface area contributed by atoms with Gasteiger partial charge in [-0.3, -0.25) is 4.79 Å². The number of carbonyl (C=O) groups is 1. The predicted molar refractivity (Wildman–Crippen MR) is 81.4 cm³/mol. The zero-order valence-corrected chi connectivity index (χ0v) is 12.2. The van der Waals surface area contributed by atoms with Crippen molar-refractivity contribution in [2.24, 2.45) is 0 Å². The van der Waals surface area contributed by atoms with Gasteiger partial charge < -0.3 is 15.4 Å². The molecule has 0 saturated carbocycles. The Morgan fingerprint density at radius 2 is 2.10 bits per heavy atom. The van der Waals surface area contributed by atoms with Gasteiger partial charge in [-0.2, -0.15) is 0 Å². The summed E-state index contributed by atoms with van der Waals surface area (Å²) in [6.07, 6.45) is 1.83. The zero-order chi connectivity index (χ0) is 14.4. The van der Waals surface area contributed by atoms with Crippen LogP contribution in [-0.4, -0.2) is 23.5 Å². The van der Waals surface area contributed by atoms with Gasteiger partial charge in [-0.05, 0) is 38.1 Å². The van der Waals surface area contributed by atoms with E-state index in [2.05, 4.69) is 15.6 Å². The molecule has 1 heterocycles. The van der Waals surface area contributed by atoms with Gasteiger partial charge in [-0.15, -0.1) is 11.3 Å². The molecule has 0 unspecified atom stereocenters. The Morgan fingerprint density at radius 1 is 1.35 bits per heavy atom. The highest BCUT2D eigenvalue weighted by Gasteiger charge is 2.04. The first-order valence-electron chi connectivity index (χ1n) is 6.33. The molecule has 5 nitrogen and oxygen atoms in total. The molecule has 1 aromatic carbocycles. The highest BCUT2D eigenvalue weighted by atomic mass is 32.1. The van der Waals surface area contributed by atoms with E-state index in [9.17, 15) is 4.79 Å². The number of aromatic nitrogens is 1. The summed E-state index contributed by atoms with van der Waals surface area (Å²) >= 11 is 1.46. The van der Waals surface area contributed by atoms with Crippen LogP contribution in [0.4, 0.5) is 10.8 Å². The van der Waals surface area contributed by atoms with E-state index in [1.165, 1.54) is 11.3 Å². The molecule has 0 aliphatic heterocycles. The molecule has 0 saturated heterocycles. The van der Waals surface area contributed by atoms with Gasteiger partial charge >= 0.3 is 0 Å². The van der Waals surface area contributed by atoms with Crippen molar-refractivity contribution in [1.29, 1.82) is 0 Å². The third-order valence-corrected chi connectivity index (χ3v) is 3.07. The Morgan fingerprint density at radius 3 is 2.70 bits per heavy atom. The molecule has 0 bridgehead atoms. The zero-order valence-electron chi connectivity index (χ0n) is 11.4. The van der Waals surface area contributed by atoms with Crippen LogP contribution in [0.3, 0.4) is 0 Å². The third-order valence-electron chi connectivity index (χ3n) is 2.34. The van der Waals surface area contributed by atoms with Crippen LogP contribution in [-0.2, 0) is 4.79 Å². The molecule has 0 radical (unpaired) electrons. The van der Waals surface area contributed by atoms with Crippen molar-refractivity contribution in [3.8, 4) is 5.75 Å². The Bertz CT molecular complexity index is 538. The average Bonchev–Trinajstić information content (AvgIpc) is 2.91. The number of hydrogen-bond acceptors (Lipinski definition) is 5. The molecular weight excluding hydrogens is 274 g/mol. The van der Waals surface area contributed by atoms with Crippen LogP contribution in [0.1, 0.15) is 13.8 Å². The lowest BCUT2D eigenvalue weighted by molar-refractivity contribution is -0.114. The summed E-state index contributed by atoms with van der Waals surface area (Å²) in [5.74, 6) is 0.677. The number of carbonyl (C=O) groups excluding carboxylic acids is 1. The summed E-state index contributed by atoms with van der Waals surface area (Å²) < 4.78 is 5.54. The van der Waals surface area contributed by atoms with Crippen molar-refractivity contribution >= 4 is 28.1 Å². The largest absolute Gasteiger partial charge is 0.491 e. The first kappa shape index (κ1) is 14.3. The van der Waals surface area contributed by atoms with Crippen molar-refractivity contribution in [1.82, 2.24) is 4.98 Å². The fraction of sp³-hybridized carbons (Fsp3) is 0.286. The topological polar surface area (TPSA) is 63.2 Å². The molecule has 0 atom stereocenters. The molecule has 1 aromatic heterocycles. The van der Waals surface area contributed by atoms with Crippen molar-refractivity contribution in [2.75, 3.05) is 17.2 Å².